The summed E-state index contributed by atoms with van der Waals surface area (Å²) in [4.78, 5) is 13.0. The lowest BCUT2D eigenvalue weighted by molar-refractivity contribution is -0.178. The van der Waals surface area contributed by atoms with Crippen LogP contribution in [0, 0.1) is 0 Å². The molecule has 24 heavy (non-hydrogen) atoms. The minimum Gasteiger partial charge on any atom is -0.356 e. The molecule has 1 aromatic heterocycles. The van der Waals surface area contributed by atoms with Crippen molar-refractivity contribution in [1.29, 1.82) is 0 Å². The van der Waals surface area contributed by atoms with Gasteiger partial charge in [0, 0.05) is 25.0 Å². The van der Waals surface area contributed by atoms with Gasteiger partial charge in [0.1, 0.15) is 0 Å². The molecule has 1 aromatic rings. The molecule has 3 fully saturated rings. The molecular formula is C17H23ClN2O4. The van der Waals surface area contributed by atoms with Crippen molar-refractivity contribution < 1.29 is 14.2 Å². The average Bonchev–Trinajstić information content (AvgIpc) is 3.06. The molecule has 0 bridgehead atoms. The van der Waals surface area contributed by atoms with E-state index >= 15 is 0 Å². The van der Waals surface area contributed by atoms with E-state index in [-0.39, 0.29) is 17.7 Å². The van der Waals surface area contributed by atoms with E-state index in [0.29, 0.717) is 30.4 Å². The summed E-state index contributed by atoms with van der Waals surface area (Å²) in [5.74, 6) is -0.303. The Morgan fingerprint density at radius 3 is 2.54 bits per heavy atom. The molecule has 3 aliphatic rings. The Morgan fingerprint density at radius 2 is 1.88 bits per heavy atom. The fraction of sp³-hybridized carbons (Fsp3) is 0.765. The van der Waals surface area contributed by atoms with Crippen LogP contribution in [-0.4, -0.2) is 35.4 Å². The zero-order valence-electron chi connectivity index (χ0n) is 13.7. The number of ether oxygens (including phenoxy) is 3. The highest BCUT2D eigenvalue weighted by molar-refractivity contribution is 6.31. The molecule has 4 rings (SSSR count). The number of hydrogen-bond donors (Lipinski definition) is 0. The van der Waals surface area contributed by atoms with E-state index in [1.807, 2.05) is 0 Å². The molecule has 0 aromatic carbocycles. The van der Waals surface area contributed by atoms with Crippen LogP contribution < -0.4 is 5.56 Å². The third-order valence-corrected chi connectivity index (χ3v) is 5.69. The second kappa shape index (κ2) is 6.75. The minimum atomic E-state index is -0.429. The van der Waals surface area contributed by atoms with Crippen LogP contribution in [-0.2, 0) is 14.2 Å². The SMILES string of the molecule is O=c1c(C2CCC3(CC2)OCCO3)c(Cl)cnn1C1CCCCO1. The zero-order valence-corrected chi connectivity index (χ0v) is 14.5. The van der Waals surface area contributed by atoms with Gasteiger partial charge in [0.2, 0.25) is 0 Å². The van der Waals surface area contributed by atoms with Crippen molar-refractivity contribution in [2.45, 2.75) is 62.9 Å². The van der Waals surface area contributed by atoms with Crippen molar-refractivity contribution in [3.63, 3.8) is 0 Å². The smallest absolute Gasteiger partial charge is 0.274 e. The monoisotopic (exact) mass is 354 g/mol. The summed E-state index contributed by atoms with van der Waals surface area (Å²) in [5, 5.41) is 4.69. The van der Waals surface area contributed by atoms with Gasteiger partial charge in [0.25, 0.3) is 5.56 Å². The van der Waals surface area contributed by atoms with Crippen LogP contribution in [0.4, 0.5) is 0 Å². The van der Waals surface area contributed by atoms with Gasteiger partial charge in [-0.2, -0.15) is 5.10 Å². The van der Waals surface area contributed by atoms with E-state index in [4.69, 9.17) is 25.8 Å². The second-order valence-electron chi connectivity index (χ2n) is 6.86. The summed E-state index contributed by atoms with van der Waals surface area (Å²) in [6.45, 7) is 2.00. The Bertz CT molecular complexity index is 640. The van der Waals surface area contributed by atoms with Crippen LogP contribution in [0.2, 0.25) is 5.02 Å². The molecule has 6 nitrogen and oxygen atoms in total. The molecule has 7 heteroatoms. The molecule has 0 amide bonds. The van der Waals surface area contributed by atoms with Crippen LogP contribution >= 0.6 is 11.6 Å². The maximum Gasteiger partial charge on any atom is 0.274 e. The molecule has 1 unspecified atom stereocenters. The Kier molecular flexibility index (Phi) is 4.64. The van der Waals surface area contributed by atoms with Gasteiger partial charge in [0.05, 0.1) is 24.4 Å². The summed E-state index contributed by atoms with van der Waals surface area (Å²) in [7, 11) is 0. The van der Waals surface area contributed by atoms with E-state index in [0.717, 1.165) is 44.9 Å². The summed E-state index contributed by atoms with van der Waals surface area (Å²) < 4.78 is 18.7. The Hall–Kier alpha value is -0.950. The lowest BCUT2D eigenvalue weighted by Gasteiger charge is -2.35. The summed E-state index contributed by atoms with van der Waals surface area (Å²) in [5.41, 5.74) is 0.567. The van der Waals surface area contributed by atoms with E-state index in [9.17, 15) is 4.79 Å². The zero-order chi connectivity index (χ0) is 16.6. The predicted molar refractivity (Wildman–Crippen MR) is 88.2 cm³/mol. The van der Waals surface area contributed by atoms with E-state index in [2.05, 4.69) is 5.10 Å². The average molecular weight is 355 g/mol. The fourth-order valence-corrected chi connectivity index (χ4v) is 4.36. The highest BCUT2D eigenvalue weighted by Gasteiger charge is 2.41. The number of aromatic nitrogens is 2. The number of nitrogens with zero attached hydrogens (tertiary/aromatic N) is 2. The summed E-state index contributed by atoms with van der Waals surface area (Å²) in [6, 6.07) is 0. The minimum absolute atomic E-state index is 0.108. The molecule has 1 atom stereocenters. The summed E-state index contributed by atoms with van der Waals surface area (Å²) in [6.07, 6.45) is 7.51. The van der Waals surface area contributed by atoms with Crippen molar-refractivity contribution in [2.24, 2.45) is 0 Å². The van der Waals surface area contributed by atoms with Crippen molar-refractivity contribution >= 4 is 11.6 Å². The number of halogens is 1. The summed E-state index contributed by atoms with van der Waals surface area (Å²) >= 11 is 6.35. The Balaban J connectivity index is 1.57. The molecular weight excluding hydrogens is 332 g/mol. The molecule has 132 valence electrons. The topological polar surface area (TPSA) is 62.6 Å². The first-order chi connectivity index (χ1) is 11.7. The highest BCUT2D eigenvalue weighted by atomic mass is 35.5. The first kappa shape index (κ1) is 16.5. The number of hydrogen-bond acceptors (Lipinski definition) is 5. The lowest BCUT2D eigenvalue weighted by atomic mass is 9.81. The van der Waals surface area contributed by atoms with Crippen molar-refractivity contribution in [3.05, 3.63) is 27.1 Å². The predicted octanol–water partition coefficient (Wildman–Crippen LogP) is 3.00. The van der Waals surface area contributed by atoms with Crippen LogP contribution in [0.5, 0.6) is 0 Å². The number of rotatable bonds is 2. The molecule has 1 saturated carbocycles. The van der Waals surface area contributed by atoms with Gasteiger partial charge < -0.3 is 14.2 Å². The standard InChI is InChI=1S/C17H23ClN2O4/c18-13-11-19-20(14-3-1-2-8-22-14)16(21)15(13)12-4-6-17(7-5-12)23-9-10-24-17/h11-12,14H,1-10H2. The molecule has 1 aliphatic carbocycles. The van der Waals surface area contributed by atoms with Gasteiger partial charge in [-0.05, 0) is 38.0 Å². The van der Waals surface area contributed by atoms with Crippen molar-refractivity contribution in [1.82, 2.24) is 9.78 Å². The fourth-order valence-electron chi connectivity index (χ4n) is 4.08. The van der Waals surface area contributed by atoms with Crippen molar-refractivity contribution in [2.75, 3.05) is 19.8 Å². The van der Waals surface area contributed by atoms with Crippen molar-refractivity contribution in [3.8, 4) is 0 Å². The maximum absolute atomic E-state index is 13.0. The molecule has 1 spiro atoms. The quantitative estimate of drug-likeness (QED) is 0.817. The van der Waals surface area contributed by atoms with Crippen LogP contribution in [0.3, 0.4) is 0 Å². The first-order valence-corrected chi connectivity index (χ1v) is 9.23. The van der Waals surface area contributed by atoms with Crippen LogP contribution in [0.15, 0.2) is 11.0 Å². The van der Waals surface area contributed by atoms with Crippen LogP contribution in [0.1, 0.15) is 62.7 Å². The normalized spacial score (nSPS) is 27.6. The molecule has 0 N–H and O–H groups in total. The molecule has 2 saturated heterocycles. The van der Waals surface area contributed by atoms with Gasteiger partial charge in [-0.25, -0.2) is 4.68 Å². The highest BCUT2D eigenvalue weighted by Crippen LogP contribution is 2.42. The third kappa shape index (κ3) is 3.01. The maximum atomic E-state index is 13.0. The van der Waals surface area contributed by atoms with Gasteiger partial charge in [-0.15, -0.1) is 0 Å². The molecule has 0 radical (unpaired) electrons. The largest absolute Gasteiger partial charge is 0.356 e. The third-order valence-electron chi connectivity index (χ3n) is 5.39. The van der Waals surface area contributed by atoms with E-state index in [1.54, 1.807) is 6.20 Å². The van der Waals surface area contributed by atoms with E-state index < -0.39 is 5.79 Å². The Morgan fingerprint density at radius 1 is 1.12 bits per heavy atom. The van der Waals surface area contributed by atoms with E-state index in [1.165, 1.54) is 4.68 Å². The Labute approximate surface area is 146 Å². The lowest BCUT2D eigenvalue weighted by Crippen LogP contribution is -2.38. The van der Waals surface area contributed by atoms with Gasteiger partial charge in [0.15, 0.2) is 12.0 Å². The second-order valence-corrected chi connectivity index (χ2v) is 7.27. The molecule has 3 heterocycles. The van der Waals surface area contributed by atoms with Crippen LogP contribution in [0.25, 0.3) is 0 Å². The first-order valence-electron chi connectivity index (χ1n) is 8.85. The van der Waals surface area contributed by atoms with Gasteiger partial charge >= 0.3 is 0 Å². The van der Waals surface area contributed by atoms with Gasteiger partial charge in [-0.1, -0.05) is 11.6 Å². The molecule has 2 aliphatic heterocycles. The van der Waals surface area contributed by atoms with Gasteiger partial charge in [-0.3, -0.25) is 4.79 Å².